The zero-order valence-corrected chi connectivity index (χ0v) is 10.7. The summed E-state index contributed by atoms with van der Waals surface area (Å²) in [5.74, 6) is 0.949. The highest BCUT2D eigenvalue weighted by Crippen LogP contribution is 2.22. The van der Waals surface area contributed by atoms with Crippen LogP contribution >= 0.6 is 0 Å². The first kappa shape index (κ1) is 13.5. The molecule has 1 rings (SSSR count). The third-order valence-electron chi connectivity index (χ3n) is 2.66. The number of nitrogens with zero attached hydrogens (tertiary/aromatic N) is 2. The van der Waals surface area contributed by atoms with Gasteiger partial charge in [0.25, 0.3) is 0 Å². The molecule has 0 saturated carbocycles. The van der Waals surface area contributed by atoms with Crippen LogP contribution in [0, 0.1) is 13.8 Å². The van der Waals surface area contributed by atoms with Gasteiger partial charge in [0.05, 0.1) is 0 Å². The third kappa shape index (κ3) is 3.17. The van der Waals surface area contributed by atoms with Crippen molar-refractivity contribution >= 4 is 5.82 Å². The van der Waals surface area contributed by atoms with Gasteiger partial charge in [0.1, 0.15) is 5.82 Å². The van der Waals surface area contributed by atoms with Crippen LogP contribution in [0.1, 0.15) is 16.8 Å². The molecule has 0 aromatic carbocycles. The Morgan fingerprint density at radius 1 is 1.29 bits per heavy atom. The molecule has 0 bridgehead atoms. The van der Waals surface area contributed by atoms with Gasteiger partial charge in [0.2, 0.25) is 0 Å². The number of pyridine rings is 1. The molecule has 0 aliphatic rings. The fourth-order valence-electron chi connectivity index (χ4n) is 1.92. The molecule has 0 spiro atoms. The van der Waals surface area contributed by atoms with E-state index in [1.54, 1.807) is 0 Å². The Labute approximate surface area is 104 Å². The largest absolute Gasteiger partial charge is 0.349 e. The van der Waals surface area contributed by atoms with E-state index in [1.807, 2.05) is 19.1 Å². The lowest BCUT2D eigenvalue weighted by molar-refractivity contribution is 0.884. The van der Waals surface area contributed by atoms with E-state index < -0.39 is 0 Å². The second-order valence-electron chi connectivity index (χ2n) is 4.07. The van der Waals surface area contributed by atoms with E-state index in [4.69, 9.17) is 5.73 Å². The van der Waals surface area contributed by atoms with E-state index in [1.165, 1.54) is 5.56 Å². The van der Waals surface area contributed by atoms with Crippen molar-refractivity contribution in [1.29, 1.82) is 0 Å². The molecule has 3 heteroatoms. The third-order valence-corrected chi connectivity index (χ3v) is 2.66. The van der Waals surface area contributed by atoms with Crippen LogP contribution < -0.4 is 10.6 Å². The lowest BCUT2D eigenvalue weighted by Crippen LogP contribution is -2.26. The summed E-state index contributed by atoms with van der Waals surface area (Å²) < 4.78 is 0. The monoisotopic (exact) mass is 231 g/mol. The number of aromatic nitrogens is 1. The van der Waals surface area contributed by atoms with Crippen LogP contribution in [0.3, 0.4) is 0 Å². The normalized spacial score (nSPS) is 10.1. The minimum absolute atomic E-state index is 0.499. The molecular formula is C14H21N3. The second-order valence-corrected chi connectivity index (χ2v) is 4.07. The summed E-state index contributed by atoms with van der Waals surface area (Å²) in [4.78, 5) is 6.72. The molecule has 0 atom stereocenters. The first-order chi connectivity index (χ1) is 8.13. The standard InChI is InChI=1S/C14H21N3/c1-5-7-17(8-6-2)14-13(10-15)11(3)9-12(4)16-14/h5-6,9H,1-2,7-8,10,15H2,3-4H3. The van der Waals surface area contributed by atoms with Gasteiger partial charge in [0.15, 0.2) is 0 Å². The van der Waals surface area contributed by atoms with Crippen LogP contribution in [-0.2, 0) is 6.54 Å². The van der Waals surface area contributed by atoms with E-state index >= 15 is 0 Å². The molecule has 0 radical (unpaired) electrons. The number of hydrogen-bond acceptors (Lipinski definition) is 3. The van der Waals surface area contributed by atoms with E-state index in [0.29, 0.717) is 6.54 Å². The maximum atomic E-state index is 5.81. The molecule has 1 heterocycles. The van der Waals surface area contributed by atoms with Crippen molar-refractivity contribution in [3.05, 3.63) is 48.2 Å². The Hall–Kier alpha value is -1.61. The molecule has 0 aliphatic heterocycles. The van der Waals surface area contributed by atoms with Crippen LogP contribution in [0.25, 0.3) is 0 Å². The van der Waals surface area contributed by atoms with E-state index in [-0.39, 0.29) is 0 Å². The first-order valence-corrected chi connectivity index (χ1v) is 5.78. The quantitative estimate of drug-likeness (QED) is 0.764. The van der Waals surface area contributed by atoms with Crippen LogP contribution in [0.2, 0.25) is 0 Å². The maximum absolute atomic E-state index is 5.81. The molecule has 17 heavy (non-hydrogen) atoms. The zero-order chi connectivity index (χ0) is 12.8. The Kier molecular flexibility index (Phi) is 4.91. The fraction of sp³-hybridized carbons (Fsp3) is 0.357. The second kappa shape index (κ2) is 6.21. The number of aryl methyl sites for hydroxylation is 2. The molecule has 0 unspecified atom stereocenters. The van der Waals surface area contributed by atoms with Gasteiger partial charge in [-0.1, -0.05) is 12.2 Å². The Morgan fingerprint density at radius 2 is 1.88 bits per heavy atom. The van der Waals surface area contributed by atoms with Crippen LogP contribution in [0.4, 0.5) is 5.82 Å². The molecule has 3 nitrogen and oxygen atoms in total. The molecule has 0 aliphatic carbocycles. The lowest BCUT2D eigenvalue weighted by atomic mass is 10.1. The molecule has 0 saturated heterocycles. The van der Waals surface area contributed by atoms with Crippen molar-refractivity contribution in [2.45, 2.75) is 20.4 Å². The number of nitrogens with two attached hydrogens (primary N) is 1. The molecular weight excluding hydrogens is 210 g/mol. The predicted octanol–water partition coefficient (Wildman–Crippen LogP) is 2.34. The summed E-state index contributed by atoms with van der Waals surface area (Å²) in [6.07, 6.45) is 3.73. The van der Waals surface area contributed by atoms with Gasteiger partial charge < -0.3 is 10.6 Å². The molecule has 0 fully saturated rings. The summed E-state index contributed by atoms with van der Waals surface area (Å²) in [6.45, 7) is 13.6. The van der Waals surface area contributed by atoms with Gasteiger partial charge in [-0.3, -0.25) is 0 Å². The predicted molar refractivity (Wildman–Crippen MR) is 74.2 cm³/mol. The smallest absolute Gasteiger partial charge is 0.134 e. The summed E-state index contributed by atoms with van der Waals surface area (Å²) in [7, 11) is 0. The van der Waals surface area contributed by atoms with Crippen LogP contribution in [-0.4, -0.2) is 18.1 Å². The Morgan fingerprint density at radius 3 is 2.35 bits per heavy atom. The lowest BCUT2D eigenvalue weighted by Gasteiger charge is -2.24. The topological polar surface area (TPSA) is 42.2 Å². The molecule has 2 N–H and O–H groups in total. The minimum atomic E-state index is 0.499. The maximum Gasteiger partial charge on any atom is 0.134 e. The average molecular weight is 231 g/mol. The van der Waals surface area contributed by atoms with Gasteiger partial charge in [-0.2, -0.15) is 0 Å². The van der Waals surface area contributed by atoms with Crippen LogP contribution in [0.15, 0.2) is 31.4 Å². The summed E-state index contributed by atoms with van der Waals surface area (Å²) in [5, 5.41) is 0. The van der Waals surface area contributed by atoms with Gasteiger partial charge in [-0.15, -0.1) is 13.2 Å². The summed E-state index contributed by atoms with van der Waals surface area (Å²) >= 11 is 0. The Balaban J connectivity index is 3.23. The van der Waals surface area contributed by atoms with Crippen molar-refractivity contribution in [1.82, 2.24) is 4.98 Å². The van der Waals surface area contributed by atoms with Crippen molar-refractivity contribution < 1.29 is 0 Å². The zero-order valence-electron chi connectivity index (χ0n) is 10.7. The van der Waals surface area contributed by atoms with Gasteiger partial charge in [-0.05, 0) is 25.5 Å². The summed E-state index contributed by atoms with van der Waals surface area (Å²) in [6, 6.07) is 2.06. The summed E-state index contributed by atoms with van der Waals surface area (Å²) in [5.41, 5.74) is 9.11. The Bertz CT molecular complexity index is 400. The number of anilines is 1. The number of rotatable bonds is 6. The average Bonchev–Trinajstić information content (AvgIpc) is 2.28. The molecule has 1 aromatic heterocycles. The highest BCUT2D eigenvalue weighted by Gasteiger charge is 2.12. The van der Waals surface area contributed by atoms with Crippen LogP contribution in [0.5, 0.6) is 0 Å². The van der Waals surface area contributed by atoms with Crippen molar-refractivity contribution in [2.24, 2.45) is 5.73 Å². The highest BCUT2D eigenvalue weighted by molar-refractivity contribution is 5.52. The van der Waals surface area contributed by atoms with Crippen molar-refractivity contribution in [3.8, 4) is 0 Å². The van der Waals surface area contributed by atoms with E-state index in [9.17, 15) is 0 Å². The van der Waals surface area contributed by atoms with Gasteiger partial charge in [0, 0.05) is 30.9 Å². The SMILES string of the molecule is C=CCN(CC=C)c1nc(C)cc(C)c1CN. The fourth-order valence-corrected chi connectivity index (χ4v) is 1.92. The first-order valence-electron chi connectivity index (χ1n) is 5.78. The van der Waals surface area contributed by atoms with E-state index in [0.717, 1.165) is 30.2 Å². The van der Waals surface area contributed by atoms with E-state index in [2.05, 4.69) is 36.0 Å². The van der Waals surface area contributed by atoms with Gasteiger partial charge >= 0.3 is 0 Å². The molecule has 0 amide bonds. The number of hydrogen-bond donors (Lipinski definition) is 1. The van der Waals surface area contributed by atoms with Gasteiger partial charge in [-0.25, -0.2) is 4.98 Å². The molecule has 1 aromatic rings. The van der Waals surface area contributed by atoms with Crippen molar-refractivity contribution in [3.63, 3.8) is 0 Å². The molecule has 92 valence electrons. The minimum Gasteiger partial charge on any atom is -0.349 e. The van der Waals surface area contributed by atoms with Crippen molar-refractivity contribution in [2.75, 3.05) is 18.0 Å². The highest BCUT2D eigenvalue weighted by atomic mass is 15.2.